The second kappa shape index (κ2) is 7.52. The van der Waals surface area contributed by atoms with Gasteiger partial charge in [0.15, 0.2) is 0 Å². The van der Waals surface area contributed by atoms with E-state index < -0.39 is 0 Å². The van der Waals surface area contributed by atoms with E-state index in [4.69, 9.17) is 9.47 Å². The fourth-order valence-corrected chi connectivity index (χ4v) is 3.86. The van der Waals surface area contributed by atoms with Gasteiger partial charge >= 0.3 is 0 Å². The topological polar surface area (TPSA) is 49.2 Å². The maximum absolute atomic E-state index is 5.48. The third-order valence-corrected chi connectivity index (χ3v) is 5.35. The highest BCUT2D eigenvalue weighted by Crippen LogP contribution is 2.37. The average molecular weight is 395 g/mol. The zero-order valence-corrected chi connectivity index (χ0v) is 16.9. The highest BCUT2D eigenvalue weighted by atomic mass is 16.5. The number of nitrogens with zero attached hydrogens (tertiary/aromatic N) is 3. The van der Waals surface area contributed by atoms with E-state index in [-0.39, 0.29) is 0 Å². The van der Waals surface area contributed by atoms with Crippen LogP contribution in [0.15, 0.2) is 79.0 Å². The first-order valence-electron chi connectivity index (χ1n) is 9.78. The molecule has 0 N–H and O–H groups in total. The van der Waals surface area contributed by atoms with E-state index >= 15 is 0 Å². The largest absolute Gasteiger partial charge is 0.497 e. The molecule has 2 aliphatic heterocycles. The van der Waals surface area contributed by atoms with Crippen LogP contribution in [-0.4, -0.2) is 29.0 Å². The van der Waals surface area contributed by atoms with Gasteiger partial charge in [-0.1, -0.05) is 42.5 Å². The van der Waals surface area contributed by atoms with Crippen molar-refractivity contribution in [1.29, 1.82) is 0 Å². The summed E-state index contributed by atoms with van der Waals surface area (Å²) in [7, 11) is 3.37. The minimum atomic E-state index is 0.704. The Bertz CT molecular complexity index is 1290. The van der Waals surface area contributed by atoms with Crippen LogP contribution in [0.4, 0.5) is 0 Å². The number of rotatable bonds is 5. The average Bonchev–Trinajstić information content (AvgIpc) is 3.23. The van der Waals surface area contributed by atoms with Crippen molar-refractivity contribution in [3.8, 4) is 34.0 Å². The molecule has 2 heterocycles. The fraction of sp³-hybridized carbons (Fsp3) is 0.120. The molecule has 0 spiro atoms. The van der Waals surface area contributed by atoms with Crippen molar-refractivity contribution in [3.63, 3.8) is 0 Å². The Kier molecular flexibility index (Phi) is 4.56. The van der Waals surface area contributed by atoms with Gasteiger partial charge in [-0.15, -0.1) is 10.2 Å². The number of pyridine rings is 1. The Morgan fingerprint density at radius 2 is 1.53 bits per heavy atom. The van der Waals surface area contributed by atoms with Gasteiger partial charge in [0.25, 0.3) is 0 Å². The molecule has 0 aliphatic carbocycles. The van der Waals surface area contributed by atoms with Crippen LogP contribution >= 0.6 is 0 Å². The van der Waals surface area contributed by atoms with Gasteiger partial charge < -0.3 is 14.0 Å². The molecule has 148 valence electrons. The van der Waals surface area contributed by atoms with E-state index in [2.05, 4.69) is 51.3 Å². The number of hydrogen-bond donors (Lipinski definition) is 0. The minimum Gasteiger partial charge on any atom is -0.497 e. The molecule has 3 aromatic carbocycles. The Labute approximate surface area is 174 Å². The lowest BCUT2D eigenvalue weighted by molar-refractivity contribution is 0.414. The van der Waals surface area contributed by atoms with E-state index in [1.54, 1.807) is 14.2 Å². The first-order chi connectivity index (χ1) is 14.8. The van der Waals surface area contributed by atoms with Crippen molar-refractivity contribution in [1.82, 2.24) is 14.8 Å². The molecule has 0 radical (unpaired) electrons. The number of ether oxygens (including phenoxy) is 2. The smallest absolute Gasteiger partial charge is 0.119 e. The molecule has 0 unspecified atom stereocenters. The lowest BCUT2D eigenvalue weighted by Gasteiger charge is -2.16. The zero-order valence-electron chi connectivity index (χ0n) is 16.9. The molecule has 0 bridgehead atoms. The standard InChI is InChI=1S/C25H21N3O2/c1-29-19-10-6-7-17(13-19)15-28-16-22-24(18-8-4-3-5-9-18)26-27-25(22)21-14-20(30-2)11-12-23(21)28/h3-14,16H,15H2,1-2H3. The van der Waals surface area contributed by atoms with Crippen LogP contribution < -0.4 is 9.47 Å². The van der Waals surface area contributed by atoms with Crippen molar-refractivity contribution in [3.05, 3.63) is 84.6 Å². The van der Waals surface area contributed by atoms with E-state index in [9.17, 15) is 0 Å². The molecular formula is C25H21N3O2. The highest BCUT2D eigenvalue weighted by Gasteiger charge is 2.20. The molecule has 0 atom stereocenters. The molecule has 2 aliphatic rings. The van der Waals surface area contributed by atoms with E-state index in [0.717, 1.165) is 50.5 Å². The maximum atomic E-state index is 5.48. The van der Waals surface area contributed by atoms with Crippen molar-refractivity contribution in [2.75, 3.05) is 14.2 Å². The van der Waals surface area contributed by atoms with Gasteiger partial charge in [0, 0.05) is 29.3 Å². The Morgan fingerprint density at radius 1 is 0.767 bits per heavy atom. The van der Waals surface area contributed by atoms with E-state index in [0.29, 0.717) is 6.54 Å². The number of hydrogen-bond acceptors (Lipinski definition) is 4. The van der Waals surface area contributed by atoms with Crippen LogP contribution in [0, 0.1) is 0 Å². The third-order valence-electron chi connectivity index (χ3n) is 5.35. The summed E-state index contributed by atoms with van der Waals surface area (Å²) in [6.07, 6.45) is 2.14. The van der Waals surface area contributed by atoms with Gasteiger partial charge in [-0.3, -0.25) is 0 Å². The van der Waals surface area contributed by atoms with Gasteiger partial charge in [0.1, 0.15) is 22.9 Å². The number of benzene rings is 3. The van der Waals surface area contributed by atoms with Crippen LogP contribution in [0.3, 0.4) is 0 Å². The van der Waals surface area contributed by atoms with Crippen LogP contribution in [0.2, 0.25) is 0 Å². The quantitative estimate of drug-likeness (QED) is 0.407. The molecule has 0 aromatic heterocycles. The van der Waals surface area contributed by atoms with Gasteiger partial charge in [-0.25, -0.2) is 0 Å². The normalized spacial score (nSPS) is 11.1. The summed E-state index contributed by atoms with van der Waals surface area (Å²) in [4.78, 5) is 0. The highest BCUT2D eigenvalue weighted by molar-refractivity contribution is 5.98. The first-order valence-corrected chi connectivity index (χ1v) is 9.78. The molecule has 0 saturated carbocycles. The molecule has 5 nitrogen and oxygen atoms in total. The molecule has 0 fully saturated rings. The van der Waals surface area contributed by atoms with Crippen molar-refractivity contribution in [2.45, 2.75) is 6.54 Å². The summed E-state index contributed by atoms with van der Waals surface area (Å²) in [5.74, 6) is 1.65. The van der Waals surface area contributed by atoms with Gasteiger partial charge in [-0.2, -0.15) is 0 Å². The first kappa shape index (κ1) is 18.2. The van der Waals surface area contributed by atoms with Crippen molar-refractivity contribution in [2.24, 2.45) is 0 Å². The van der Waals surface area contributed by atoms with Gasteiger partial charge in [0.2, 0.25) is 0 Å². The fourth-order valence-electron chi connectivity index (χ4n) is 3.86. The van der Waals surface area contributed by atoms with Crippen LogP contribution in [0.1, 0.15) is 5.56 Å². The molecule has 0 amide bonds. The molecular weight excluding hydrogens is 374 g/mol. The minimum absolute atomic E-state index is 0.704. The number of fused-ring (bicyclic) bond motifs is 3. The molecule has 5 heteroatoms. The van der Waals surface area contributed by atoms with Gasteiger partial charge in [-0.05, 0) is 35.9 Å². The number of aromatic nitrogens is 3. The Morgan fingerprint density at radius 3 is 2.33 bits per heavy atom. The Balaban J connectivity index is 1.73. The zero-order chi connectivity index (χ0) is 20.5. The second-order valence-electron chi connectivity index (χ2n) is 7.17. The molecule has 0 saturated heterocycles. The Hall–Kier alpha value is -3.86. The lowest BCUT2D eigenvalue weighted by atomic mass is 10.0. The van der Waals surface area contributed by atoms with Gasteiger partial charge in [0.05, 0.1) is 19.7 Å². The summed E-state index contributed by atoms with van der Waals surface area (Å²) in [6.45, 7) is 0.704. The summed E-state index contributed by atoms with van der Waals surface area (Å²) >= 11 is 0. The van der Waals surface area contributed by atoms with E-state index in [1.165, 1.54) is 0 Å². The molecule has 30 heavy (non-hydrogen) atoms. The molecule has 3 aromatic rings. The summed E-state index contributed by atoms with van der Waals surface area (Å²) in [6, 6.07) is 24.4. The summed E-state index contributed by atoms with van der Waals surface area (Å²) < 4.78 is 13.1. The van der Waals surface area contributed by atoms with Crippen molar-refractivity contribution < 1.29 is 9.47 Å². The summed E-state index contributed by atoms with van der Waals surface area (Å²) in [5, 5.41) is 10.1. The lowest BCUT2D eigenvalue weighted by Crippen LogP contribution is -2.04. The van der Waals surface area contributed by atoms with Crippen LogP contribution in [-0.2, 0) is 6.54 Å². The predicted molar refractivity (Wildman–Crippen MR) is 118 cm³/mol. The second-order valence-corrected chi connectivity index (χ2v) is 7.17. The van der Waals surface area contributed by atoms with Crippen LogP contribution in [0.5, 0.6) is 11.5 Å². The maximum Gasteiger partial charge on any atom is 0.119 e. The van der Waals surface area contributed by atoms with E-state index in [1.807, 2.05) is 42.5 Å². The number of methoxy groups -OCH3 is 2. The van der Waals surface area contributed by atoms with Crippen LogP contribution in [0.25, 0.3) is 33.4 Å². The molecule has 5 rings (SSSR count). The summed E-state index contributed by atoms with van der Waals surface area (Å²) in [5.41, 5.74) is 6.06. The monoisotopic (exact) mass is 395 g/mol. The van der Waals surface area contributed by atoms with Crippen molar-refractivity contribution >= 4 is 10.9 Å². The SMILES string of the molecule is COc1cccc(Cn2cc3c(-c4ccccc4)nnc-3c3cc(OC)ccc32)c1. The predicted octanol–water partition coefficient (Wildman–Crippen LogP) is 5.27. The third kappa shape index (κ3) is 3.14.